The van der Waals surface area contributed by atoms with Crippen LogP contribution < -0.4 is 5.73 Å². The van der Waals surface area contributed by atoms with Crippen LogP contribution in [-0.4, -0.2) is 41.3 Å². The van der Waals surface area contributed by atoms with Crippen molar-refractivity contribution in [1.82, 2.24) is 15.0 Å². The average molecular weight is 280 g/mol. The summed E-state index contributed by atoms with van der Waals surface area (Å²) in [5, 5.41) is 4.76. The topological polar surface area (TPSA) is 77.4 Å². The van der Waals surface area contributed by atoms with Crippen molar-refractivity contribution < 1.29 is 9.26 Å². The van der Waals surface area contributed by atoms with Gasteiger partial charge in [0.2, 0.25) is 5.82 Å². The molecule has 0 radical (unpaired) electrons. The van der Waals surface area contributed by atoms with Gasteiger partial charge in [-0.15, -0.1) is 11.3 Å². The number of rotatable bonds is 3. The molecule has 0 bridgehead atoms. The van der Waals surface area contributed by atoms with E-state index in [9.17, 15) is 0 Å². The molecule has 0 amide bonds. The number of nitrogens with two attached hydrogens (primary N) is 1. The summed E-state index contributed by atoms with van der Waals surface area (Å²) in [4.78, 5) is 7.61. The second-order valence-corrected chi connectivity index (χ2v) is 5.53. The standard InChI is InChI=1S/C12H16N4O2S/c1-2-16-5-6-17-8(7-16)11-14-12(18-15-11)9-3-4-10(13)19-9/h3-4,8H,2,5-7,13H2,1H3. The minimum atomic E-state index is -0.108. The Labute approximate surface area is 115 Å². The number of morpholine rings is 1. The maximum absolute atomic E-state index is 5.70. The molecule has 2 aromatic heterocycles. The molecular formula is C12H16N4O2S. The molecule has 1 fully saturated rings. The van der Waals surface area contributed by atoms with Gasteiger partial charge in [0, 0.05) is 13.1 Å². The zero-order valence-corrected chi connectivity index (χ0v) is 11.5. The Hall–Kier alpha value is -1.44. The molecule has 3 heterocycles. The molecule has 6 nitrogen and oxygen atoms in total. The highest BCUT2D eigenvalue weighted by Gasteiger charge is 2.25. The largest absolute Gasteiger partial charge is 0.391 e. The summed E-state index contributed by atoms with van der Waals surface area (Å²) in [7, 11) is 0. The van der Waals surface area contributed by atoms with Crippen LogP contribution in [0.4, 0.5) is 5.00 Å². The van der Waals surface area contributed by atoms with Crippen molar-refractivity contribution in [2.24, 2.45) is 0 Å². The quantitative estimate of drug-likeness (QED) is 0.923. The van der Waals surface area contributed by atoms with E-state index >= 15 is 0 Å². The minimum Gasteiger partial charge on any atom is -0.391 e. The minimum absolute atomic E-state index is 0.108. The molecule has 1 saturated heterocycles. The maximum Gasteiger partial charge on any atom is 0.268 e. The van der Waals surface area contributed by atoms with Gasteiger partial charge in [-0.25, -0.2) is 0 Å². The van der Waals surface area contributed by atoms with Crippen molar-refractivity contribution in [2.45, 2.75) is 13.0 Å². The third kappa shape index (κ3) is 2.63. The van der Waals surface area contributed by atoms with Gasteiger partial charge in [0.15, 0.2) is 0 Å². The van der Waals surface area contributed by atoms with Gasteiger partial charge >= 0.3 is 0 Å². The molecule has 2 aromatic rings. The van der Waals surface area contributed by atoms with Crippen LogP contribution in [0, 0.1) is 0 Å². The summed E-state index contributed by atoms with van der Waals surface area (Å²) in [5.74, 6) is 1.12. The molecule has 2 N–H and O–H groups in total. The molecule has 102 valence electrons. The van der Waals surface area contributed by atoms with Crippen molar-refractivity contribution in [3.05, 3.63) is 18.0 Å². The van der Waals surface area contributed by atoms with E-state index in [0.717, 1.165) is 29.5 Å². The number of hydrogen-bond donors (Lipinski definition) is 1. The zero-order valence-electron chi connectivity index (χ0n) is 10.7. The van der Waals surface area contributed by atoms with Crippen molar-refractivity contribution in [3.63, 3.8) is 0 Å². The summed E-state index contributed by atoms with van der Waals surface area (Å²) in [6.45, 7) is 5.61. The third-order valence-electron chi connectivity index (χ3n) is 3.17. The molecule has 0 aliphatic carbocycles. The predicted molar refractivity (Wildman–Crippen MR) is 72.8 cm³/mol. The first-order valence-electron chi connectivity index (χ1n) is 6.29. The van der Waals surface area contributed by atoms with E-state index in [1.54, 1.807) is 0 Å². The molecule has 7 heteroatoms. The van der Waals surface area contributed by atoms with Crippen LogP contribution >= 0.6 is 11.3 Å². The van der Waals surface area contributed by atoms with Crippen molar-refractivity contribution >= 4 is 16.3 Å². The Morgan fingerprint density at radius 3 is 3.16 bits per heavy atom. The summed E-state index contributed by atoms with van der Waals surface area (Å²) in [5.41, 5.74) is 5.70. The molecule has 19 heavy (non-hydrogen) atoms. The van der Waals surface area contributed by atoms with Gasteiger partial charge in [0.1, 0.15) is 6.10 Å². The SMILES string of the molecule is CCN1CCOC(c2noc(-c3ccc(N)s3)n2)C1. The van der Waals surface area contributed by atoms with Crippen LogP contribution in [0.1, 0.15) is 18.9 Å². The molecule has 0 aromatic carbocycles. The number of nitrogens with zero attached hydrogens (tertiary/aromatic N) is 3. The van der Waals surface area contributed by atoms with Crippen LogP contribution in [-0.2, 0) is 4.74 Å². The number of hydrogen-bond acceptors (Lipinski definition) is 7. The maximum atomic E-state index is 5.70. The van der Waals surface area contributed by atoms with Crippen LogP contribution in [0.3, 0.4) is 0 Å². The predicted octanol–water partition coefficient (Wildman–Crippen LogP) is 1.77. The Bertz CT molecular complexity index is 553. The summed E-state index contributed by atoms with van der Waals surface area (Å²) >= 11 is 1.44. The van der Waals surface area contributed by atoms with Gasteiger partial charge in [0.05, 0.1) is 16.5 Å². The fraction of sp³-hybridized carbons (Fsp3) is 0.500. The van der Waals surface area contributed by atoms with Gasteiger partial charge in [-0.1, -0.05) is 12.1 Å². The lowest BCUT2D eigenvalue weighted by atomic mass is 10.2. The van der Waals surface area contributed by atoms with Gasteiger partial charge in [-0.05, 0) is 18.7 Å². The fourth-order valence-electron chi connectivity index (χ4n) is 2.08. The number of thiophene rings is 1. The Kier molecular flexibility index (Phi) is 3.50. The lowest BCUT2D eigenvalue weighted by Gasteiger charge is -2.30. The molecular weight excluding hydrogens is 264 g/mol. The molecule has 3 rings (SSSR count). The first kappa shape index (κ1) is 12.6. The highest BCUT2D eigenvalue weighted by Crippen LogP contribution is 2.29. The average Bonchev–Trinajstić information content (AvgIpc) is 3.07. The van der Waals surface area contributed by atoms with Crippen molar-refractivity contribution in [3.8, 4) is 10.8 Å². The third-order valence-corrected chi connectivity index (χ3v) is 4.07. The lowest BCUT2D eigenvalue weighted by molar-refractivity contribution is -0.0334. The van der Waals surface area contributed by atoms with Crippen LogP contribution in [0.5, 0.6) is 0 Å². The molecule has 1 unspecified atom stereocenters. The van der Waals surface area contributed by atoms with Gasteiger partial charge in [-0.3, -0.25) is 4.90 Å². The van der Waals surface area contributed by atoms with E-state index in [2.05, 4.69) is 22.0 Å². The smallest absolute Gasteiger partial charge is 0.268 e. The van der Waals surface area contributed by atoms with Crippen LogP contribution in [0.15, 0.2) is 16.7 Å². The zero-order chi connectivity index (χ0) is 13.2. The van der Waals surface area contributed by atoms with E-state index in [1.807, 2.05) is 12.1 Å². The summed E-state index contributed by atoms with van der Waals surface area (Å²) in [6.07, 6.45) is -0.108. The van der Waals surface area contributed by atoms with Gasteiger partial charge < -0.3 is 15.0 Å². The second-order valence-electron chi connectivity index (χ2n) is 4.41. The Morgan fingerprint density at radius 1 is 1.53 bits per heavy atom. The monoisotopic (exact) mass is 280 g/mol. The number of nitrogen functional groups attached to an aromatic ring is 1. The molecule has 1 aliphatic rings. The second kappa shape index (κ2) is 5.28. The summed E-state index contributed by atoms with van der Waals surface area (Å²) in [6, 6.07) is 3.72. The molecule has 0 saturated carbocycles. The molecule has 1 atom stereocenters. The molecule has 1 aliphatic heterocycles. The number of aromatic nitrogens is 2. The number of ether oxygens (including phenoxy) is 1. The van der Waals surface area contributed by atoms with Gasteiger partial charge in [-0.2, -0.15) is 4.98 Å². The van der Waals surface area contributed by atoms with Crippen LogP contribution in [0.25, 0.3) is 10.8 Å². The Morgan fingerprint density at radius 2 is 2.42 bits per heavy atom. The van der Waals surface area contributed by atoms with E-state index < -0.39 is 0 Å². The highest BCUT2D eigenvalue weighted by atomic mass is 32.1. The summed E-state index contributed by atoms with van der Waals surface area (Å²) < 4.78 is 11.0. The van der Waals surface area contributed by atoms with E-state index in [0.29, 0.717) is 18.3 Å². The van der Waals surface area contributed by atoms with Crippen LogP contribution in [0.2, 0.25) is 0 Å². The lowest BCUT2D eigenvalue weighted by Crippen LogP contribution is -2.38. The van der Waals surface area contributed by atoms with Gasteiger partial charge in [0.25, 0.3) is 5.89 Å². The number of anilines is 1. The van der Waals surface area contributed by atoms with Crippen molar-refractivity contribution in [2.75, 3.05) is 32.0 Å². The van der Waals surface area contributed by atoms with Crippen molar-refractivity contribution in [1.29, 1.82) is 0 Å². The first-order valence-corrected chi connectivity index (χ1v) is 7.11. The van der Waals surface area contributed by atoms with E-state index in [-0.39, 0.29) is 6.10 Å². The fourth-order valence-corrected chi connectivity index (χ4v) is 2.78. The van der Waals surface area contributed by atoms with E-state index in [1.165, 1.54) is 11.3 Å². The highest BCUT2D eigenvalue weighted by molar-refractivity contribution is 7.19. The van der Waals surface area contributed by atoms with E-state index in [4.69, 9.17) is 15.0 Å². The molecule has 0 spiro atoms. The normalized spacial score (nSPS) is 20.8. The number of likely N-dealkylation sites (N-methyl/N-ethyl adjacent to an activating group) is 1. The Balaban J connectivity index is 1.77. The first-order chi connectivity index (χ1) is 9.26.